The van der Waals surface area contributed by atoms with E-state index >= 15 is 0 Å². The summed E-state index contributed by atoms with van der Waals surface area (Å²) in [6.07, 6.45) is -1.59. The van der Waals surface area contributed by atoms with Crippen LogP contribution in [0.1, 0.15) is 11.1 Å². The van der Waals surface area contributed by atoms with Gasteiger partial charge in [0.25, 0.3) is 0 Å². The Hall–Kier alpha value is -5.88. The molecule has 2 heterocycles. The zero-order valence-electron chi connectivity index (χ0n) is 27.6. The first-order valence-corrected chi connectivity index (χ1v) is 16.0. The van der Waals surface area contributed by atoms with Gasteiger partial charge in [-0.25, -0.2) is 18.7 Å². The molecule has 0 aliphatic carbocycles. The van der Waals surface area contributed by atoms with Crippen LogP contribution in [0.4, 0.5) is 9.59 Å². The topological polar surface area (TPSA) is 114 Å². The van der Waals surface area contributed by atoms with Crippen molar-refractivity contribution in [3.8, 4) is 11.5 Å². The molecule has 5 aromatic carbocycles. The van der Waals surface area contributed by atoms with Gasteiger partial charge in [-0.15, -0.1) is 0 Å². The maximum atomic E-state index is 13.1. The fourth-order valence-corrected chi connectivity index (χ4v) is 6.25. The Morgan fingerprint density at radius 1 is 0.600 bits per heavy atom. The van der Waals surface area contributed by atoms with E-state index in [-0.39, 0.29) is 27.0 Å². The van der Waals surface area contributed by atoms with Crippen LogP contribution < -0.4 is 9.47 Å². The van der Waals surface area contributed by atoms with E-state index in [1.807, 2.05) is 116 Å². The summed E-state index contributed by atoms with van der Waals surface area (Å²) in [5.74, 6) is 1.05. The van der Waals surface area contributed by atoms with E-state index in [0.717, 1.165) is 43.7 Å². The van der Waals surface area contributed by atoms with E-state index in [0.29, 0.717) is 29.1 Å². The Morgan fingerprint density at radius 2 is 1.14 bits per heavy atom. The van der Waals surface area contributed by atoms with Crippen molar-refractivity contribution in [2.45, 2.75) is 13.2 Å². The number of nitrogens with zero attached hydrogens (tertiary/aromatic N) is 3. The number of ether oxygens (including phenoxy) is 5. The first kappa shape index (κ1) is 32.7. The Balaban J connectivity index is 0.949. The van der Waals surface area contributed by atoms with E-state index in [1.54, 1.807) is 16.7 Å². The average molecular weight is 674 g/mol. The van der Waals surface area contributed by atoms with Crippen molar-refractivity contribution in [1.82, 2.24) is 14.0 Å². The number of carbonyl (C=O) groups excluding carboxylic acids is 1. The lowest BCUT2D eigenvalue weighted by molar-refractivity contribution is -0.0700. The lowest BCUT2D eigenvalue weighted by Gasteiger charge is -2.15. The van der Waals surface area contributed by atoms with Crippen molar-refractivity contribution in [1.29, 1.82) is 0 Å². The van der Waals surface area contributed by atoms with Gasteiger partial charge in [-0.05, 0) is 61.6 Å². The van der Waals surface area contributed by atoms with E-state index in [2.05, 4.69) is 0 Å². The summed E-state index contributed by atoms with van der Waals surface area (Å²) in [5.41, 5.74) is 4.51. The van der Waals surface area contributed by atoms with Crippen molar-refractivity contribution in [2.75, 3.05) is 34.5 Å². The molecule has 11 nitrogen and oxygen atoms in total. The van der Waals surface area contributed by atoms with Crippen molar-refractivity contribution in [3.05, 3.63) is 120 Å². The molecule has 254 valence electrons. The molecular weight excluding hydrogens is 638 g/mol. The van der Waals surface area contributed by atoms with Gasteiger partial charge in [0.2, 0.25) is 0 Å². The fourth-order valence-electron chi connectivity index (χ4n) is 6.25. The van der Waals surface area contributed by atoms with Gasteiger partial charge < -0.3 is 33.7 Å². The Labute approximate surface area is 287 Å². The van der Waals surface area contributed by atoms with Gasteiger partial charge in [0.15, 0.2) is 20.4 Å². The summed E-state index contributed by atoms with van der Waals surface area (Å²) in [6, 6.07) is 34.0. The number of hydrogen-bond acceptors (Lipinski definition) is 8. The number of carbonyl (C=O) groups is 2. The van der Waals surface area contributed by atoms with Crippen LogP contribution >= 0.6 is 0 Å². The molecule has 7 aromatic rings. The minimum Gasteiger partial charge on any atom is -0.467 e. The first-order chi connectivity index (χ1) is 24.4. The van der Waals surface area contributed by atoms with Crippen LogP contribution in [-0.4, -0.2) is 65.8 Å². The van der Waals surface area contributed by atoms with Crippen LogP contribution in [0.2, 0.25) is 0 Å². The lowest BCUT2D eigenvalue weighted by atomic mass is 10.1. The zero-order chi connectivity index (χ0) is 34.6. The van der Waals surface area contributed by atoms with Crippen molar-refractivity contribution in [2.24, 2.45) is 0 Å². The monoisotopic (exact) mass is 673 g/mol. The molecule has 0 fully saturated rings. The van der Waals surface area contributed by atoms with Gasteiger partial charge >= 0.3 is 12.2 Å². The minimum absolute atomic E-state index is 0.0416. The van der Waals surface area contributed by atoms with E-state index in [1.165, 1.54) is 4.57 Å². The smallest absolute Gasteiger partial charge is 0.421 e. The summed E-state index contributed by atoms with van der Waals surface area (Å²) >= 11 is 0. The summed E-state index contributed by atoms with van der Waals surface area (Å²) in [7, 11) is 3.93. The largest absolute Gasteiger partial charge is 0.467 e. The third-order valence-electron chi connectivity index (χ3n) is 8.28. The Bertz CT molecular complexity index is 2290. The van der Waals surface area contributed by atoms with Crippen molar-refractivity contribution >= 4 is 55.8 Å². The summed E-state index contributed by atoms with van der Waals surface area (Å²) < 4.78 is 31.4. The standard InChI is InChI=1S/C39H35N3O8/c1-40(2)21-27-17-28(48-23-46-22-26-15-16-33-32-11-3-6-12-34(32)41(38(43)44)37(33)19-26)20-29(18-27)49-24-47-25-50-39(45)42-35-13-7-4-9-30(35)31-10-5-8-14-36(31)42/h3-20H,21-25H2,1-2H3,(H,43,44). The summed E-state index contributed by atoms with van der Waals surface area (Å²) in [6.45, 7) is 0.368. The van der Waals surface area contributed by atoms with E-state index < -0.39 is 12.2 Å². The van der Waals surface area contributed by atoms with Gasteiger partial charge in [0.1, 0.15) is 11.5 Å². The van der Waals surface area contributed by atoms with Crippen LogP contribution in [0.5, 0.6) is 11.5 Å². The molecule has 0 saturated carbocycles. The van der Waals surface area contributed by atoms with Crippen LogP contribution in [0, 0.1) is 0 Å². The van der Waals surface area contributed by atoms with Crippen molar-refractivity contribution < 1.29 is 38.4 Å². The van der Waals surface area contributed by atoms with Gasteiger partial charge in [-0.2, -0.15) is 0 Å². The first-order valence-electron chi connectivity index (χ1n) is 16.0. The van der Waals surface area contributed by atoms with Crippen LogP contribution in [0.25, 0.3) is 43.6 Å². The molecule has 0 atom stereocenters. The SMILES string of the molecule is CN(C)Cc1cc(OCOCOC(=O)n2c3ccccc3c3ccccc32)cc(OCOCc2ccc3c4ccccc4n(C(=O)O)c3c2)c1. The molecular formula is C39H35N3O8. The molecule has 1 N–H and O–H groups in total. The molecule has 0 amide bonds. The number of hydrogen-bond donors (Lipinski definition) is 1. The molecule has 0 saturated heterocycles. The second-order valence-electron chi connectivity index (χ2n) is 12.0. The number of benzene rings is 5. The van der Waals surface area contributed by atoms with Gasteiger partial charge in [-0.1, -0.05) is 66.7 Å². The third kappa shape index (κ3) is 6.70. The molecule has 2 aromatic heterocycles. The Morgan fingerprint density at radius 3 is 1.72 bits per heavy atom. The maximum Gasteiger partial charge on any atom is 0.421 e. The highest BCUT2D eigenvalue weighted by Crippen LogP contribution is 2.31. The highest BCUT2D eigenvalue weighted by molar-refractivity contribution is 6.13. The normalized spacial score (nSPS) is 11.6. The molecule has 7 rings (SSSR count). The molecule has 0 spiro atoms. The quantitative estimate of drug-likeness (QED) is 0.102. The number of aromatic nitrogens is 2. The lowest BCUT2D eigenvalue weighted by Crippen LogP contribution is -2.17. The van der Waals surface area contributed by atoms with Gasteiger partial charge in [0.05, 0.1) is 28.7 Å². The summed E-state index contributed by atoms with van der Waals surface area (Å²) in [4.78, 5) is 27.2. The predicted molar refractivity (Wildman–Crippen MR) is 190 cm³/mol. The van der Waals surface area contributed by atoms with Crippen LogP contribution in [-0.2, 0) is 27.4 Å². The highest BCUT2D eigenvalue weighted by Gasteiger charge is 2.17. The second kappa shape index (κ2) is 14.3. The van der Waals surface area contributed by atoms with Crippen molar-refractivity contribution in [3.63, 3.8) is 0 Å². The number of para-hydroxylation sites is 3. The molecule has 0 radical (unpaired) electrons. The number of carboxylic acid groups (broad SMARTS) is 1. The molecule has 50 heavy (non-hydrogen) atoms. The van der Waals surface area contributed by atoms with Crippen LogP contribution in [0.3, 0.4) is 0 Å². The maximum absolute atomic E-state index is 13.1. The fraction of sp³-hybridized carbons (Fsp3) is 0.179. The van der Waals surface area contributed by atoms with E-state index in [4.69, 9.17) is 23.7 Å². The molecule has 11 heteroatoms. The highest BCUT2D eigenvalue weighted by atomic mass is 16.7. The molecule has 0 unspecified atom stereocenters. The van der Waals surface area contributed by atoms with E-state index in [9.17, 15) is 14.7 Å². The molecule has 0 aliphatic heterocycles. The van der Waals surface area contributed by atoms with Gasteiger partial charge in [0, 0.05) is 34.2 Å². The third-order valence-corrected chi connectivity index (χ3v) is 8.28. The predicted octanol–water partition coefficient (Wildman–Crippen LogP) is 8.04. The molecule has 0 aliphatic rings. The Kier molecular flexibility index (Phi) is 9.35. The van der Waals surface area contributed by atoms with Gasteiger partial charge in [-0.3, -0.25) is 0 Å². The minimum atomic E-state index is -1.04. The average Bonchev–Trinajstić information content (AvgIpc) is 3.62. The van der Waals surface area contributed by atoms with Crippen LogP contribution in [0.15, 0.2) is 109 Å². The number of rotatable bonds is 12. The zero-order valence-corrected chi connectivity index (χ0v) is 27.6. The second-order valence-corrected chi connectivity index (χ2v) is 12.0. The summed E-state index contributed by atoms with van der Waals surface area (Å²) in [5, 5.41) is 13.5. The number of fused-ring (bicyclic) bond motifs is 6. The molecule has 0 bridgehead atoms.